The number of fused-ring (bicyclic) bond motifs is 13. The summed E-state index contributed by atoms with van der Waals surface area (Å²) >= 11 is 0. The second-order valence-electron chi connectivity index (χ2n) is 20.0. The van der Waals surface area contributed by atoms with E-state index >= 15 is 0 Å². The second-order valence-corrected chi connectivity index (χ2v) is 20.0. The molecule has 3 nitrogen and oxygen atoms in total. The van der Waals surface area contributed by atoms with E-state index in [1.807, 2.05) is 0 Å². The molecule has 336 valence electrons. The molecule has 0 radical (unpaired) electrons. The Morgan fingerprint density at radius 3 is 1.48 bits per heavy atom. The molecule has 11 rings (SSSR count). The zero-order chi connectivity index (χ0) is 45.5. The predicted octanol–water partition coefficient (Wildman–Crippen LogP) is 17.8. The summed E-state index contributed by atoms with van der Waals surface area (Å²) in [6.45, 7) is 9.07. The summed E-state index contributed by atoms with van der Waals surface area (Å²) in [5.41, 5.74) is 22.5. The maximum Gasteiger partial charge on any atom is 0.248 e. The van der Waals surface area contributed by atoms with Crippen LogP contribution >= 0.6 is 0 Å². The topological polar surface area (TPSA) is 38.9 Å². The van der Waals surface area contributed by atoms with Gasteiger partial charge in [-0.3, -0.25) is 0 Å². The summed E-state index contributed by atoms with van der Waals surface area (Å²) in [6, 6.07) is 55.0. The molecule has 67 heavy (non-hydrogen) atoms. The summed E-state index contributed by atoms with van der Waals surface area (Å²) in [6.07, 6.45) is 17.8. The highest BCUT2D eigenvalue weighted by Gasteiger charge is 2.52. The van der Waals surface area contributed by atoms with E-state index in [4.69, 9.17) is 14.6 Å². The first kappa shape index (κ1) is 43.3. The van der Waals surface area contributed by atoms with E-state index in [1.165, 1.54) is 166 Å². The van der Waals surface area contributed by atoms with Crippen molar-refractivity contribution in [1.82, 2.24) is 10.2 Å². The van der Waals surface area contributed by atoms with Crippen LogP contribution in [0, 0.1) is 13.8 Å². The van der Waals surface area contributed by atoms with E-state index < -0.39 is 5.41 Å². The molecular formula is C64H64N2O. The van der Waals surface area contributed by atoms with Crippen molar-refractivity contribution in [3.05, 3.63) is 190 Å². The zero-order valence-corrected chi connectivity index (χ0v) is 40.1. The molecular weight excluding hydrogens is 813 g/mol. The van der Waals surface area contributed by atoms with Crippen LogP contribution in [-0.4, -0.2) is 10.2 Å². The maximum absolute atomic E-state index is 7.00. The Morgan fingerprint density at radius 2 is 0.866 bits per heavy atom. The largest absolute Gasteiger partial charge is 0.416 e. The Hall–Kier alpha value is -6.32. The van der Waals surface area contributed by atoms with Crippen molar-refractivity contribution in [2.75, 3.05) is 0 Å². The molecule has 3 heteroatoms. The van der Waals surface area contributed by atoms with Crippen LogP contribution in [0.2, 0.25) is 0 Å². The smallest absolute Gasteiger partial charge is 0.248 e. The van der Waals surface area contributed by atoms with Crippen LogP contribution < -0.4 is 0 Å². The minimum atomic E-state index is -0.439. The molecule has 0 fully saturated rings. The van der Waals surface area contributed by atoms with Crippen LogP contribution in [0.4, 0.5) is 0 Å². The molecule has 3 aliphatic carbocycles. The lowest BCUT2D eigenvalue weighted by Crippen LogP contribution is -2.26. The van der Waals surface area contributed by atoms with E-state index in [1.54, 1.807) is 0 Å². The molecule has 0 saturated carbocycles. The van der Waals surface area contributed by atoms with Gasteiger partial charge in [0.1, 0.15) is 0 Å². The van der Waals surface area contributed by atoms with E-state index in [2.05, 4.69) is 173 Å². The van der Waals surface area contributed by atoms with Gasteiger partial charge in [0.15, 0.2) is 0 Å². The molecule has 0 unspecified atom stereocenters. The highest BCUT2D eigenvalue weighted by molar-refractivity contribution is 5.96. The van der Waals surface area contributed by atoms with Crippen LogP contribution in [0.1, 0.15) is 148 Å². The van der Waals surface area contributed by atoms with Crippen molar-refractivity contribution in [2.24, 2.45) is 0 Å². The summed E-state index contributed by atoms with van der Waals surface area (Å²) in [5, 5.41) is 9.86. The molecule has 0 atom stereocenters. The summed E-state index contributed by atoms with van der Waals surface area (Å²) in [4.78, 5) is 0. The molecule has 0 saturated heterocycles. The fourth-order valence-electron chi connectivity index (χ4n) is 12.6. The van der Waals surface area contributed by atoms with Gasteiger partial charge in [-0.25, -0.2) is 0 Å². The lowest BCUT2D eigenvalue weighted by atomic mass is 9.70. The number of nitrogens with zero attached hydrogens (tertiary/aromatic N) is 2. The van der Waals surface area contributed by atoms with Gasteiger partial charge in [0.2, 0.25) is 11.8 Å². The summed E-state index contributed by atoms with van der Waals surface area (Å²) in [5.74, 6) is 1.14. The van der Waals surface area contributed by atoms with E-state index in [0.717, 1.165) is 24.0 Å². The van der Waals surface area contributed by atoms with Gasteiger partial charge in [0.25, 0.3) is 0 Å². The number of aryl methyl sites for hydroxylation is 2. The first-order chi connectivity index (χ1) is 33.0. The molecule has 1 heterocycles. The average molecular weight is 877 g/mol. The molecule has 8 aromatic rings. The lowest BCUT2D eigenvalue weighted by Gasteiger charge is -2.33. The Labute approximate surface area is 398 Å². The minimum Gasteiger partial charge on any atom is -0.416 e. The molecule has 0 N–H and O–H groups in total. The fraction of sp³-hybridized carbons (Fsp3) is 0.312. The van der Waals surface area contributed by atoms with Gasteiger partial charge in [0, 0.05) is 16.5 Å². The fourth-order valence-corrected chi connectivity index (χ4v) is 12.6. The van der Waals surface area contributed by atoms with Gasteiger partial charge in [-0.1, -0.05) is 218 Å². The number of aromatic nitrogens is 2. The maximum atomic E-state index is 7.00. The van der Waals surface area contributed by atoms with E-state index in [0.29, 0.717) is 11.8 Å². The number of hydrogen-bond acceptors (Lipinski definition) is 3. The Kier molecular flexibility index (Phi) is 11.7. The Balaban J connectivity index is 1.03. The van der Waals surface area contributed by atoms with Crippen molar-refractivity contribution in [3.8, 4) is 67.4 Å². The van der Waals surface area contributed by atoms with Crippen LogP contribution in [0.5, 0.6) is 0 Å². The molecule has 0 amide bonds. The molecule has 0 aliphatic heterocycles. The number of benzene rings is 7. The quantitative estimate of drug-likeness (QED) is 0.0856. The molecule has 0 bridgehead atoms. The first-order valence-electron chi connectivity index (χ1n) is 25.6. The predicted molar refractivity (Wildman–Crippen MR) is 279 cm³/mol. The Morgan fingerprint density at radius 1 is 0.373 bits per heavy atom. The molecule has 3 aliphatic rings. The zero-order valence-electron chi connectivity index (χ0n) is 40.1. The third-order valence-corrected chi connectivity index (χ3v) is 15.8. The van der Waals surface area contributed by atoms with Crippen LogP contribution in [-0.2, 0) is 10.8 Å². The van der Waals surface area contributed by atoms with Crippen LogP contribution in [0.3, 0.4) is 0 Å². The lowest BCUT2D eigenvalue weighted by molar-refractivity contribution is 0.398. The van der Waals surface area contributed by atoms with Gasteiger partial charge in [-0.2, -0.15) is 0 Å². The number of hydrogen-bond donors (Lipinski definition) is 0. The number of rotatable bonds is 17. The van der Waals surface area contributed by atoms with Crippen molar-refractivity contribution in [2.45, 2.75) is 128 Å². The van der Waals surface area contributed by atoms with Gasteiger partial charge >= 0.3 is 0 Å². The third-order valence-electron chi connectivity index (χ3n) is 15.8. The standard InChI is InChI=1S/C64H64N2O/c1-5-7-9-11-13-21-37-63(38-22-14-12-10-8-6-2)57-41-46(45-31-29-43(3)30-32-45)33-36-52(57)60-53(39-44(4)40-59(60)63)62-66-65-61(67-62)47-34-35-51-50-25-17-20-28-56(50)64(58(51)42-47)54-26-18-15-23-48(54)49-24-16-19-27-55(49)64/h15-20,23-36,39-42H,5-14,21-22,37-38H2,1-4H3. The van der Waals surface area contributed by atoms with Gasteiger partial charge in [0.05, 0.1) is 5.41 Å². The van der Waals surface area contributed by atoms with Crippen LogP contribution in [0.25, 0.3) is 67.4 Å². The number of unbranched alkanes of at least 4 members (excludes halogenated alkanes) is 10. The molecule has 7 aromatic carbocycles. The highest BCUT2D eigenvalue weighted by Crippen LogP contribution is 2.63. The summed E-state index contributed by atoms with van der Waals surface area (Å²) < 4.78 is 7.00. The SMILES string of the molecule is CCCCCCCCC1(CCCCCCCC)c2cc(-c3ccc(C)cc3)ccc2-c2c(-c3nnc(-c4ccc5c(c4)C4(c6ccccc6-c6ccccc64)c4ccccc4-5)o3)cc(C)cc21. The van der Waals surface area contributed by atoms with Crippen molar-refractivity contribution >= 4 is 0 Å². The monoisotopic (exact) mass is 877 g/mol. The molecule has 1 aromatic heterocycles. The molecule has 1 spiro atoms. The van der Waals surface area contributed by atoms with Gasteiger partial charge < -0.3 is 4.42 Å². The average Bonchev–Trinajstić information content (AvgIpc) is 4.11. The normalized spacial score (nSPS) is 14.1. The van der Waals surface area contributed by atoms with E-state index in [-0.39, 0.29) is 5.41 Å². The first-order valence-corrected chi connectivity index (χ1v) is 25.6. The third kappa shape index (κ3) is 7.23. The van der Waals surface area contributed by atoms with Gasteiger partial charge in [-0.05, 0) is 134 Å². The summed E-state index contributed by atoms with van der Waals surface area (Å²) in [7, 11) is 0. The van der Waals surface area contributed by atoms with Crippen molar-refractivity contribution in [1.29, 1.82) is 0 Å². The second kappa shape index (κ2) is 18.1. The van der Waals surface area contributed by atoms with Gasteiger partial charge in [-0.15, -0.1) is 10.2 Å². The van der Waals surface area contributed by atoms with Crippen molar-refractivity contribution < 1.29 is 4.42 Å². The minimum absolute atomic E-state index is 0.0956. The Bertz CT molecular complexity index is 3010. The van der Waals surface area contributed by atoms with E-state index in [9.17, 15) is 0 Å². The van der Waals surface area contributed by atoms with Crippen LogP contribution in [0.15, 0.2) is 150 Å². The highest BCUT2D eigenvalue weighted by atomic mass is 16.4. The van der Waals surface area contributed by atoms with Crippen molar-refractivity contribution in [3.63, 3.8) is 0 Å².